The Bertz CT molecular complexity index is 113. The summed E-state index contributed by atoms with van der Waals surface area (Å²) in [4.78, 5) is 0. The first-order valence-electron chi connectivity index (χ1n) is 4.22. The third-order valence-corrected chi connectivity index (χ3v) is 2.99. The molecule has 1 heteroatoms. The maximum Gasteiger partial charge on any atom is 0.109 e. The Balaban J connectivity index is 2.46. The van der Waals surface area contributed by atoms with Crippen molar-refractivity contribution in [2.24, 2.45) is 5.41 Å². The first-order valence-corrected chi connectivity index (χ1v) is 4.22. The molecule has 10 heavy (non-hydrogen) atoms. The number of hydrogen-bond donors (Lipinski definition) is 0. The molecule has 0 radical (unpaired) electrons. The van der Waals surface area contributed by atoms with Crippen molar-refractivity contribution < 1.29 is 4.39 Å². The lowest BCUT2D eigenvalue weighted by atomic mass is 9.58. The largest absolute Gasteiger partial charge is 0.244 e. The fourth-order valence-corrected chi connectivity index (χ4v) is 2.26. The van der Waals surface area contributed by atoms with Gasteiger partial charge in [0, 0.05) is 0 Å². The number of rotatable bonds is 2. The second-order valence-electron chi connectivity index (χ2n) is 3.97. The molecule has 0 heterocycles. The summed E-state index contributed by atoms with van der Waals surface area (Å²) in [5.41, 5.74) is -0.477. The summed E-state index contributed by atoms with van der Waals surface area (Å²) < 4.78 is 13.1. The molecule has 1 aliphatic carbocycles. The van der Waals surface area contributed by atoms with Crippen molar-refractivity contribution in [2.45, 2.75) is 52.1 Å². The molecule has 0 amide bonds. The zero-order valence-electron chi connectivity index (χ0n) is 7.21. The van der Waals surface area contributed by atoms with E-state index < -0.39 is 5.67 Å². The van der Waals surface area contributed by atoms with Crippen molar-refractivity contribution in [1.29, 1.82) is 0 Å². The normalized spacial score (nSPS) is 27.6. The lowest BCUT2D eigenvalue weighted by Crippen LogP contribution is -2.46. The second-order valence-corrected chi connectivity index (χ2v) is 3.97. The Hall–Kier alpha value is -0.0700. The first kappa shape index (κ1) is 8.03. The van der Waals surface area contributed by atoms with Gasteiger partial charge >= 0.3 is 0 Å². The van der Waals surface area contributed by atoms with Gasteiger partial charge in [-0.15, -0.1) is 0 Å². The Morgan fingerprint density at radius 2 is 1.60 bits per heavy atom. The van der Waals surface area contributed by atoms with Crippen LogP contribution in [0.5, 0.6) is 0 Å². The van der Waals surface area contributed by atoms with E-state index in [1.165, 1.54) is 0 Å². The van der Waals surface area contributed by atoms with Crippen molar-refractivity contribution in [3.63, 3.8) is 0 Å². The molecule has 0 N–H and O–H groups in total. The summed E-state index contributed by atoms with van der Waals surface area (Å²) in [5, 5.41) is 0. The molecule has 1 saturated carbocycles. The molecule has 1 aliphatic rings. The highest BCUT2D eigenvalue weighted by Gasteiger charge is 2.49. The summed E-state index contributed by atoms with van der Waals surface area (Å²) in [7, 11) is 0. The fourth-order valence-electron chi connectivity index (χ4n) is 2.26. The third kappa shape index (κ3) is 1.18. The van der Waals surface area contributed by atoms with Crippen LogP contribution in [0.15, 0.2) is 0 Å². The average Bonchev–Trinajstić information content (AvgIpc) is 1.82. The molecule has 1 rings (SSSR count). The van der Waals surface area contributed by atoms with Crippen LogP contribution >= 0.6 is 0 Å². The highest BCUT2D eigenvalue weighted by atomic mass is 19.1. The standard InChI is InChI=1S/C9H17F/c1-4-9(5-2)6-8(3,10)7-9/h4-7H2,1-3H3. The zero-order valence-corrected chi connectivity index (χ0v) is 7.21. The topological polar surface area (TPSA) is 0 Å². The fraction of sp³-hybridized carbons (Fsp3) is 1.00. The van der Waals surface area contributed by atoms with Gasteiger partial charge in [0.05, 0.1) is 0 Å². The summed E-state index contributed by atoms with van der Waals surface area (Å²) in [6.45, 7) is 6.05. The Kier molecular flexibility index (Phi) is 1.78. The summed E-state index contributed by atoms with van der Waals surface area (Å²) in [5.74, 6) is 0. The predicted molar refractivity (Wildman–Crippen MR) is 41.8 cm³/mol. The van der Waals surface area contributed by atoms with E-state index >= 15 is 0 Å². The van der Waals surface area contributed by atoms with Gasteiger partial charge in [-0.05, 0) is 25.2 Å². The van der Waals surface area contributed by atoms with E-state index in [4.69, 9.17) is 0 Å². The molecule has 0 aromatic heterocycles. The van der Waals surface area contributed by atoms with Crippen LogP contribution in [0.25, 0.3) is 0 Å². The van der Waals surface area contributed by atoms with Gasteiger partial charge in [0.1, 0.15) is 5.67 Å². The molecule has 0 atom stereocenters. The maximum atomic E-state index is 13.1. The van der Waals surface area contributed by atoms with E-state index in [0.29, 0.717) is 5.41 Å². The second kappa shape index (κ2) is 2.21. The summed E-state index contributed by atoms with van der Waals surface area (Å²) in [6.07, 6.45) is 3.85. The Morgan fingerprint density at radius 3 is 1.70 bits per heavy atom. The first-order chi connectivity index (χ1) is 4.54. The van der Waals surface area contributed by atoms with Gasteiger partial charge in [-0.2, -0.15) is 0 Å². The lowest BCUT2D eigenvalue weighted by Gasteiger charge is -2.49. The van der Waals surface area contributed by atoms with E-state index in [1.54, 1.807) is 6.92 Å². The van der Waals surface area contributed by atoms with Crippen molar-refractivity contribution in [3.05, 3.63) is 0 Å². The van der Waals surface area contributed by atoms with E-state index in [9.17, 15) is 4.39 Å². The van der Waals surface area contributed by atoms with Crippen LogP contribution < -0.4 is 0 Å². The summed E-state index contributed by atoms with van der Waals surface area (Å²) in [6, 6.07) is 0. The van der Waals surface area contributed by atoms with Crippen LogP contribution in [0, 0.1) is 5.41 Å². The minimum absolute atomic E-state index is 0.365. The third-order valence-electron chi connectivity index (χ3n) is 2.99. The van der Waals surface area contributed by atoms with E-state index in [2.05, 4.69) is 13.8 Å². The Morgan fingerprint density at radius 1 is 1.20 bits per heavy atom. The van der Waals surface area contributed by atoms with Crippen LogP contribution in [-0.2, 0) is 0 Å². The molecule has 1 fully saturated rings. The van der Waals surface area contributed by atoms with Gasteiger partial charge in [-0.25, -0.2) is 4.39 Å². The van der Waals surface area contributed by atoms with Crippen LogP contribution in [0.2, 0.25) is 0 Å². The summed E-state index contributed by atoms with van der Waals surface area (Å²) >= 11 is 0. The van der Waals surface area contributed by atoms with Crippen LogP contribution in [0.3, 0.4) is 0 Å². The smallest absolute Gasteiger partial charge is 0.109 e. The van der Waals surface area contributed by atoms with Crippen molar-refractivity contribution in [3.8, 4) is 0 Å². The van der Waals surface area contributed by atoms with E-state index in [0.717, 1.165) is 25.7 Å². The van der Waals surface area contributed by atoms with Crippen molar-refractivity contribution >= 4 is 0 Å². The monoisotopic (exact) mass is 144 g/mol. The number of halogens is 1. The molecule has 0 aromatic carbocycles. The van der Waals surface area contributed by atoms with Gasteiger partial charge in [0.15, 0.2) is 0 Å². The van der Waals surface area contributed by atoms with E-state index in [1.807, 2.05) is 0 Å². The average molecular weight is 144 g/mol. The van der Waals surface area contributed by atoms with Crippen LogP contribution in [0.1, 0.15) is 46.5 Å². The Labute approximate surface area is 62.8 Å². The molecular weight excluding hydrogens is 127 g/mol. The van der Waals surface area contributed by atoms with Crippen molar-refractivity contribution in [1.82, 2.24) is 0 Å². The molecular formula is C9H17F. The lowest BCUT2D eigenvalue weighted by molar-refractivity contribution is -0.0592. The molecule has 0 nitrogen and oxygen atoms in total. The molecule has 0 unspecified atom stereocenters. The number of alkyl halides is 1. The molecule has 60 valence electrons. The number of hydrogen-bond acceptors (Lipinski definition) is 0. The quantitative estimate of drug-likeness (QED) is 0.557. The molecule has 0 aliphatic heterocycles. The van der Waals surface area contributed by atoms with Crippen LogP contribution in [-0.4, -0.2) is 5.67 Å². The molecule has 0 spiro atoms. The highest BCUT2D eigenvalue weighted by Crippen LogP contribution is 2.54. The minimum atomic E-state index is -0.841. The maximum absolute atomic E-state index is 13.1. The van der Waals surface area contributed by atoms with Crippen LogP contribution in [0.4, 0.5) is 4.39 Å². The molecule has 0 bridgehead atoms. The van der Waals surface area contributed by atoms with Gasteiger partial charge in [-0.3, -0.25) is 0 Å². The van der Waals surface area contributed by atoms with Gasteiger partial charge in [0.25, 0.3) is 0 Å². The highest BCUT2D eigenvalue weighted by molar-refractivity contribution is 5.00. The predicted octanol–water partition coefficient (Wildman–Crippen LogP) is 3.31. The van der Waals surface area contributed by atoms with Gasteiger partial charge < -0.3 is 0 Å². The minimum Gasteiger partial charge on any atom is -0.244 e. The SMILES string of the molecule is CCC1(CC)CC(C)(F)C1. The van der Waals surface area contributed by atoms with Crippen molar-refractivity contribution in [2.75, 3.05) is 0 Å². The van der Waals surface area contributed by atoms with E-state index in [-0.39, 0.29) is 0 Å². The molecule has 0 aromatic rings. The van der Waals surface area contributed by atoms with Gasteiger partial charge in [0.2, 0.25) is 0 Å². The zero-order chi connectivity index (χ0) is 7.83. The molecule has 0 saturated heterocycles. The van der Waals surface area contributed by atoms with Gasteiger partial charge in [-0.1, -0.05) is 26.7 Å².